The van der Waals surface area contributed by atoms with Crippen molar-refractivity contribution in [2.24, 2.45) is 5.92 Å². The third kappa shape index (κ3) is 2.68. The molecule has 152 valence electrons. The third-order valence-corrected chi connectivity index (χ3v) is 6.77. The molecule has 2 atom stereocenters. The number of benzene rings is 1. The fourth-order valence-electron chi connectivity index (χ4n) is 4.82. The smallest absolute Gasteiger partial charge is 0.272 e. The van der Waals surface area contributed by atoms with Crippen molar-refractivity contribution >= 4 is 5.91 Å². The van der Waals surface area contributed by atoms with Gasteiger partial charge in [0.1, 0.15) is 11.5 Å². The fraction of sp³-hybridized carbons (Fsp3) is 0.348. The van der Waals surface area contributed by atoms with Gasteiger partial charge < -0.3 is 5.32 Å². The van der Waals surface area contributed by atoms with Crippen LogP contribution in [0.1, 0.15) is 52.6 Å². The number of hydrogen-bond donors (Lipinski definition) is 1. The molecule has 2 saturated carbocycles. The molecule has 3 aromatic rings. The molecular weight excluding hydrogens is 386 g/mol. The number of aromatic nitrogens is 3. The Hall–Kier alpha value is -3.09. The van der Waals surface area contributed by atoms with E-state index in [-0.39, 0.29) is 17.0 Å². The van der Waals surface area contributed by atoms with Gasteiger partial charge in [-0.25, -0.2) is 13.5 Å². The van der Waals surface area contributed by atoms with E-state index in [1.807, 2.05) is 18.2 Å². The molecule has 2 heterocycles. The van der Waals surface area contributed by atoms with Crippen LogP contribution in [0.4, 0.5) is 8.78 Å². The van der Waals surface area contributed by atoms with Crippen molar-refractivity contribution in [3.05, 3.63) is 76.9 Å². The van der Waals surface area contributed by atoms with Gasteiger partial charge in [-0.2, -0.15) is 5.10 Å². The van der Waals surface area contributed by atoms with E-state index in [0.29, 0.717) is 24.1 Å². The van der Waals surface area contributed by atoms with Gasteiger partial charge in [-0.3, -0.25) is 9.78 Å². The molecule has 0 bridgehead atoms. The number of carbonyl (C=O) groups is 1. The maximum Gasteiger partial charge on any atom is 0.272 e. The van der Waals surface area contributed by atoms with Crippen LogP contribution in [0.15, 0.2) is 42.6 Å². The lowest BCUT2D eigenvalue weighted by Crippen LogP contribution is -2.33. The molecule has 1 N–H and O–H groups in total. The first-order valence-electron chi connectivity index (χ1n) is 10.3. The molecule has 1 amide bonds. The molecule has 0 saturated heterocycles. The predicted octanol–water partition coefficient (Wildman–Crippen LogP) is 3.67. The van der Waals surface area contributed by atoms with Crippen molar-refractivity contribution in [3.8, 4) is 5.69 Å². The number of fused-ring (bicyclic) bond motifs is 3. The minimum Gasteiger partial charge on any atom is -0.350 e. The van der Waals surface area contributed by atoms with Crippen LogP contribution in [-0.2, 0) is 11.8 Å². The number of pyridine rings is 1. The van der Waals surface area contributed by atoms with E-state index in [0.717, 1.165) is 48.7 Å². The van der Waals surface area contributed by atoms with Crippen molar-refractivity contribution in [1.82, 2.24) is 20.1 Å². The molecule has 30 heavy (non-hydrogen) atoms. The van der Waals surface area contributed by atoms with E-state index in [2.05, 4.69) is 15.4 Å². The quantitative estimate of drug-likeness (QED) is 0.703. The van der Waals surface area contributed by atoms with E-state index in [9.17, 15) is 13.6 Å². The number of carbonyl (C=O) groups excluding carboxylic acids is 1. The summed E-state index contributed by atoms with van der Waals surface area (Å²) in [7, 11) is 0. The zero-order valence-corrected chi connectivity index (χ0v) is 16.2. The Balaban J connectivity index is 1.30. The van der Waals surface area contributed by atoms with Crippen LogP contribution < -0.4 is 5.32 Å². The molecular formula is C23H20F2N4O. The molecule has 5 nitrogen and oxygen atoms in total. The second-order valence-corrected chi connectivity index (χ2v) is 8.70. The van der Waals surface area contributed by atoms with Crippen LogP contribution in [0.5, 0.6) is 0 Å². The van der Waals surface area contributed by atoms with Crippen LogP contribution >= 0.6 is 0 Å². The largest absolute Gasteiger partial charge is 0.350 e. The summed E-state index contributed by atoms with van der Waals surface area (Å²) in [4.78, 5) is 17.5. The van der Waals surface area contributed by atoms with Crippen molar-refractivity contribution in [2.45, 2.75) is 37.0 Å². The van der Waals surface area contributed by atoms with Crippen molar-refractivity contribution in [1.29, 1.82) is 0 Å². The van der Waals surface area contributed by atoms with Gasteiger partial charge in [-0.15, -0.1) is 0 Å². The van der Waals surface area contributed by atoms with Gasteiger partial charge in [0.25, 0.3) is 5.91 Å². The number of hydrogen-bond acceptors (Lipinski definition) is 3. The second kappa shape index (κ2) is 6.20. The van der Waals surface area contributed by atoms with Crippen LogP contribution in [0.2, 0.25) is 0 Å². The van der Waals surface area contributed by atoms with Crippen LogP contribution in [-0.4, -0.2) is 27.2 Å². The average Bonchev–Trinajstić information content (AvgIpc) is 3.64. The number of amides is 1. The Kier molecular flexibility index (Phi) is 3.67. The van der Waals surface area contributed by atoms with Crippen molar-refractivity contribution < 1.29 is 13.6 Å². The van der Waals surface area contributed by atoms with Gasteiger partial charge >= 0.3 is 0 Å². The van der Waals surface area contributed by atoms with Crippen LogP contribution in [0.3, 0.4) is 0 Å². The van der Waals surface area contributed by atoms with Gasteiger partial charge in [0.05, 0.1) is 5.69 Å². The number of halogens is 2. The Morgan fingerprint density at radius 1 is 1.23 bits per heavy atom. The average molecular weight is 406 g/mol. The van der Waals surface area contributed by atoms with Crippen LogP contribution in [0, 0.1) is 17.6 Å². The Morgan fingerprint density at radius 2 is 2.10 bits per heavy atom. The monoisotopic (exact) mass is 406 g/mol. The first kappa shape index (κ1) is 17.7. The molecule has 0 aliphatic heterocycles. The topological polar surface area (TPSA) is 59.8 Å². The van der Waals surface area contributed by atoms with E-state index >= 15 is 0 Å². The molecule has 0 radical (unpaired) electrons. The highest BCUT2D eigenvalue weighted by Gasteiger charge is 2.51. The molecule has 6 rings (SSSR count). The van der Waals surface area contributed by atoms with E-state index in [4.69, 9.17) is 0 Å². The maximum atomic E-state index is 14.4. The summed E-state index contributed by atoms with van der Waals surface area (Å²) in [6, 6.07) is 9.30. The van der Waals surface area contributed by atoms with Gasteiger partial charge in [0.15, 0.2) is 11.5 Å². The van der Waals surface area contributed by atoms with Gasteiger partial charge in [0.2, 0.25) is 0 Å². The Bertz CT molecular complexity index is 1170. The summed E-state index contributed by atoms with van der Waals surface area (Å²) in [5.74, 6) is -0.740. The first-order valence-corrected chi connectivity index (χ1v) is 10.3. The molecule has 3 aliphatic rings. The summed E-state index contributed by atoms with van der Waals surface area (Å²) in [5, 5.41) is 7.53. The predicted molar refractivity (Wildman–Crippen MR) is 106 cm³/mol. The molecule has 7 heteroatoms. The fourth-order valence-corrected chi connectivity index (χ4v) is 4.82. The van der Waals surface area contributed by atoms with Crippen molar-refractivity contribution in [3.63, 3.8) is 0 Å². The zero-order chi connectivity index (χ0) is 20.5. The molecule has 0 spiro atoms. The van der Waals surface area contributed by atoms with Crippen LogP contribution in [0.25, 0.3) is 5.69 Å². The van der Waals surface area contributed by atoms with Crippen molar-refractivity contribution in [2.75, 3.05) is 6.54 Å². The summed E-state index contributed by atoms with van der Waals surface area (Å²) < 4.78 is 29.3. The molecule has 1 aromatic carbocycles. The maximum absolute atomic E-state index is 14.4. The third-order valence-electron chi connectivity index (χ3n) is 6.77. The first-order chi connectivity index (χ1) is 14.6. The summed E-state index contributed by atoms with van der Waals surface area (Å²) in [5.41, 5.74) is 3.25. The summed E-state index contributed by atoms with van der Waals surface area (Å²) in [6.45, 7) is 0.502. The highest BCUT2D eigenvalue weighted by molar-refractivity contribution is 5.94. The molecule has 2 aromatic heterocycles. The molecule has 3 aliphatic carbocycles. The normalized spacial score (nSPS) is 22.3. The molecule has 0 unspecified atom stereocenters. The highest BCUT2D eigenvalue weighted by atomic mass is 19.1. The molecule has 2 fully saturated rings. The van der Waals surface area contributed by atoms with Gasteiger partial charge in [0, 0.05) is 41.4 Å². The minimum absolute atomic E-state index is 0.103. The second-order valence-electron chi connectivity index (χ2n) is 8.70. The summed E-state index contributed by atoms with van der Waals surface area (Å²) in [6.07, 6.45) is 5.57. The highest BCUT2D eigenvalue weighted by Crippen LogP contribution is 2.57. The minimum atomic E-state index is -0.677. The van der Waals surface area contributed by atoms with E-state index in [1.54, 1.807) is 6.20 Å². The van der Waals surface area contributed by atoms with E-state index < -0.39 is 11.6 Å². The Labute approximate surface area is 172 Å². The Morgan fingerprint density at radius 3 is 2.83 bits per heavy atom. The lowest BCUT2D eigenvalue weighted by atomic mass is 10.0. The summed E-state index contributed by atoms with van der Waals surface area (Å²) >= 11 is 0. The standard InChI is InChI=1S/C23H20F2N4O/c24-14-4-5-18(17(25)11-14)29-21-15-9-13(15)10-16(21)20(28-29)22(30)27-12-23(6-7-23)19-3-1-2-8-26-19/h1-5,8,11,13,15H,6-7,9-10,12H2,(H,27,30)/t13-,15-/m1/s1. The number of nitrogens with zero attached hydrogens (tertiary/aromatic N) is 3. The van der Waals surface area contributed by atoms with E-state index in [1.165, 1.54) is 16.8 Å². The lowest BCUT2D eigenvalue weighted by Gasteiger charge is -2.15. The number of rotatable bonds is 5. The number of nitrogens with one attached hydrogen (secondary N) is 1. The SMILES string of the molecule is O=C(NCC1(c2ccccn2)CC1)c1nn(-c2ccc(F)cc2F)c2c1C[C@H]1C[C@@H]21. The lowest BCUT2D eigenvalue weighted by molar-refractivity contribution is 0.0943. The van der Waals surface area contributed by atoms with Gasteiger partial charge in [-0.1, -0.05) is 6.07 Å². The van der Waals surface area contributed by atoms with Gasteiger partial charge in [-0.05, 0) is 55.9 Å². The zero-order valence-electron chi connectivity index (χ0n) is 16.2.